The Morgan fingerprint density at radius 2 is 1.89 bits per heavy atom. The molecular formula is C14H17NO4. The van der Waals surface area contributed by atoms with Gasteiger partial charge in [0.1, 0.15) is 12.1 Å². The number of amides is 1. The number of benzene rings is 1. The van der Waals surface area contributed by atoms with Gasteiger partial charge in [0, 0.05) is 7.05 Å². The third-order valence-corrected chi connectivity index (χ3v) is 3.41. The third kappa shape index (κ3) is 2.70. The van der Waals surface area contributed by atoms with E-state index in [0.29, 0.717) is 12.8 Å². The lowest BCUT2D eigenvalue weighted by Crippen LogP contribution is -2.45. The topological polar surface area (TPSA) is 55.8 Å². The Morgan fingerprint density at radius 1 is 1.26 bits per heavy atom. The Labute approximate surface area is 112 Å². The van der Waals surface area contributed by atoms with Crippen molar-refractivity contribution < 1.29 is 19.1 Å². The average Bonchev–Trinajstić information content (AvgIpc) is 3.26. The first-order valence-corrected chi connectivity index (χ1v) is 6.13. The van der Waals surface area contributed by atoms with E-state index >= 15 is 0 Å². The van der Waals surface area contributed by atoms with Crippen LogP contribution in [0.3, 0.4) is 0 Å². The van der Waals surface area contributed by atoms with Crippen LogP contribution < -0.4 is 0 Å². The number of carbonyl (C=O) groups excluding carboxylic acids is 2. The van der Waals surface area contributed by atoms with Gasteiger partial charge < -0.3 is 9.47 Å². The molecule has 0 unspecified atom stereocenters. The van der Waals surface area contributed by atoms with E-state index < -0.39 is 11.6 Å². The SMILES string of the molecule is COC(=O)N(C)C1(C(=O)OCc2ccccc2)CC1. The minimum atomic E-state index is -0.831. The van der Waals surface area contributed by atoms with Crippen LogP contribution in [0.1, 0.15) is 18.4 Å². The van der Waals surface area contributed by atoms with Gasteiger partial charge in [-0.15, -0.1) is 0 Å². The predicted molar refractivity (Wildman–Crippen MR) is 68.4 cm³/mol. The van der Waals surface area contributed by atoms with Crippen molar-refractivity contribution >= 4 is 12.1 Å². The van der Waals surface area contributed by atoms with E-state index in [1.807, 2.05) is 30.3 Å². The fourth-order valence-corrected chi connectivity index (χ4v) is 1.96. The molecule has 5 nitrogen and oxygen atoms in total. The van der Waals surface area contributed by atoms with E-state index in [1.165, 1.54) is 12.0 Å². The van der Waals surface area contributed by atoms with Crippen molar-refractivity contribution in [3.8, 4) is 0 Å². The van der Waals surface area contributed by atoms with Crippen LogP contribution in [0, 0.1) is 0 Å². The first kappa shape index (κ1) is 13.4. The molecule has 0 spiro atoms. The highest BCUT2D eigenvalue weighted by atomic mass is 16.6. The van der Waals surface area contributed by atoms with Crippen LogP contribution in [0.4, 0.5) is 4.79 Å². The van der Waals surface area contributed by atoms with Gasteiger partial charge in [-0.05, 0) is 18.4 Å². The molecule has 0 bridgehead atoms. The summed E-state index contributed by atoms with van der Waals surface area (Å²) in [6, 6.07) is 9.44. The number of methoxy groups -OCH3 is 1. The maximum Gasteiger partial charge on any atom is 0.410 e. The number of hydrogen-bond donors (Lipinski definition) is 0. The van der Waals surface area contributed by atoms with Crippen LogP contribution in [-0.4, -0.2) is 36.7 Å². The molecule has 0 N–H and O–H groups in total. The normalized spacial score (nSPS) is 15.5. The smallest absolute Gasteiger partial charge is 0.410 e. The summed E-state index contributed by atoms with van der Waals surface area (Å²) < 4.78 is 9.91. The van der Waals surface area contributed by atoms with E-state index in [4.69, 9.17) is 4.74 Å². The number of likely N-dealkylation sites (N-methyl/N-ethyl adjacent to an activating group) is 1. The molecule has 0 atom stereocenters. The first-order valence-electron chi connectivity index (χ1n) is 6.13. The number of carbonyl (C=O) groups is 2. The van der Waals surface area contributed by atoms with Crippen LogP contribution >= 0.6 is 0 Å². The van der Waals surface area contributed by atoms with Crippen LogP contribution in [-0.2, 0) is 20.9 Å². The molecule has 2 rings (SSSR count). The average molecular weight is 263 g/mol. The largest absolute Gasteiger partial charge is 0.459 e. The molecule has 1 aromatic carbocycles. The van der Waals surface area contributed by atoms with Gasteiger partial charge in [0.15, 0.2) is 0 Å². The van der Waals surface area contributed by atoms with E-state index in [1.54, 1.807) is 7.05 Å². The van der Waals surface area contributed by atoms with Gasteiger partial charge >= 0.3 is 12.1 Å². The summed E-state index contributed by atoms with van der Waals surface area (Å²) in [5.74, 6) is -0.371. The molecule has 1 amide bonds. The quantitative estimate of drug-likeness (QED) is 0.779. The molecule has 0 aromatic heterocycles. The highest BCUT2D eigenvalue weighted by Crippen LogP contribution is 2.42. The second-order valence-corrected chi connectivity index (χ2v) is 4.62. The molecule has 1 aromatic rings. The van der Waals surface area contributed by atoms with Crippen molar-refractivity contribution in [3.63, 3.8) is 0 Å². The Bertz CT molecular complexity index is 468. The number of rotatable bonds is 4. The molecule has 1 fully saturated rings. The number of esters is 1. The summed E-state index contributed by atoms with van der Waals surface area (Å²) in [6.45, 7) is 0.219. The van der Waals surface area contributed by atoms with Crippen molar-refractivity contribution in [2.24, 2.45) is 0 Å². The Balaban J connectivity index is 1.95. The highest BCUT2D eigenvalue weighted by molar-refractivity contribution is 5.88. The molecule has 102 valence electrons. The molecule has 5 heteroatoms. The lowest BCUT2D eigenvalue weighted by Gasteiger charge is -2.24. The standard InChI is InChI=1S/C14H17NO4/c1-15(13(17)18-2)14(8-9-14)12(16)19-10-11-6-4-3-5-7-11/h3-7H,8-10H2,1-2H3. The monoisotopic (exact) mass is 263 g/mol. The Morgan fingerprint density at radius 3 is 2.42 bits per heavy atom. The molecule has 19 heavy (non-hydrogen) atoms. The molecular weight excluding hydrogens is 246 g/mol. The van der Waals surface area contributed by atoms with Gasteiger partial charge in [0.2, 0.25) is 0 Å². The summed E-state index contributed by atoms with van der Waals surface area (Å²) in [5, 5.41) is 0. The lowest BCUT2D eigenvalue weighted by atomic mass is 10.2. The zero-order valence-corrected chi connectivity index (χ0v) is 11.1. The van der Waals surface area contributed by atoms with Crippen molar-refractivity contribution in [1.82, 2.24) is 4.90 Å². The van der Waals surface area contributed by atoms with Gasteiger partial charge in [0.05, 0.1) is 7.11 Å². The zero-order chi connectivity index (χ0) is 13.9. The van der Waals surface area contributed by atoms with E-state index in [-0.39, 0.29) is 12.6 Å². The summed E-state index contributed by atoms with van der Waals surface area (Å²) in [5.41, 5.74) is 0.0920. The molecule has 1 saturated carbocycles. The van der Waals surface area contributed by atoms with Gasteiger partial charge in [-0.3, -0.25) is 4.90 Å². The first-order chi connectivity index (χ1) is 9.10. The molecule has 0 radical (unpaired) electrons. The second-order valence-electron chi connectivity index (χ2n) is 4.62. The van der Waals surface area contributed by atoms with E-state index in [2.05, 4.69) is 4.74 Å². The second kappa shape index (κ2) is 5.30. The summed E-state index contributed by atoms with van der Waals surface area (Å²) in [4.78, 5) is 24.9. The minimum absolute atomic E-state index is 0.219. The van der Waals surface area contributed by atoms with Crippen molar-refractivity contribution in [2.45, 2.75) is 25.0 Å². The van der Waals surface area contributed by atoms with Crippen LogP contribution in [0.25, 0.3) is 0 Å². The molecule has 1 aliphatic carbocycles. The molecule has 0 aliphatic heterocycles. The van der Waals surface area contributed by atoms with Gasteiger partial charge in [-0.25, -0.2) is 9.59 Å². The Hall–Kier alpha value is -2.04. The van der Waals surface area contributed by atoms with E-state index in [9.17, 15) is 9.59 Å². The van der Waals surface area contributed by atoms with Gasteiger partial charge in [-0.1, -0.05) is 30.3 Å². The fraction of sp³-hybridized carbons (Fsp3) is 0.429. The van der Waals surface area contributed by atoms with Crippen molar-refractivity contribution in [1.29, 1.82) is 0 Å². The highest BCUT2D eigenvalue weighted by Gasteiger charge is 2.57. The van der Waals surface area contributed by atoms with Crippen LogP contribution in [0.2, 0.25) is 0 Å². The molecule has 1 aliphatic rings. The zero-order valence-electron chi connectivity index (χ0n) is 11.1. The van der Waals surface area contributed by atoms with Gasteiger partial charge in [-0.2, -0.15) is 0 Å². The summed E-state index contributed by atoms with van der Waals surface area (Å²) >= 11 is 0. The predicted octanol–water partition coefficient (Wildman–Crippen LogP) is 1.96. The Kier molecular flexibility index (Phi) is 3.74. The van der Waals surface area contributed by atoms with Crippen LogP contribution in [0.15, 0.2) is 30.3 Å². The van der Waals surface area contributed by atoms with Crippen molar-refractivity contribution in [2.75, 3.05) is 14.2 Å². The maximum absolute atomic E-state index is 12.1. The number of nitrogens with zero attached hydrogens (tertiary/aromatic N) is 1. The molecule has 0 heterocycles. The van der Waals surface area contributed by atoms with Crippen LogP contribution in [0.5, 0.6) is 0 Å². The van der Waals surface area contributed by atoms with Crippen molar-refractivity contribution in [3.05, 3.63) is 35.9 Å². The van der Waals surface area contributed by atoms with Gasteiger partial charge in [0.25, 0.3) is 0 Å². The summed E-state index contributed by atoms with van der Waals surface area (Å²) in [6.07, 6.45) is 0.715. The van der Waals surface area contributed by atoms with E-state index in [0.717, 1.165) is 5.56 Å². The lowest BCUT2D eigenvalue weighted by molar-refractivity contribution is -0.152. The fourth-order valence-electron chi connectivity index (χ4n) is 1.96. The molecule has 0 saturated heterocycles. The maximum atomic E-state index is 12.1. The minimum Gasteiger partial charge on any atom is -0.459 e. The number of hydrogen-bond acceptors (Lipinski definition) is 4. The number of ether oxygens (including phenoxy) is 2. The third-order valence-electron chi connectivity index (χ3n) is 3.41. The summed E-state index contributed by atoms with van der Waals surface area (Å²) in [7, 11) is 2.85.